The number of thioether (sulfide) groups is 1. The van der Waals surface area contributed by atoms with Crippen molar-refractivity contribution >= 4 is 17.7 Å². The van der Waals surface area contributed by atoms with Crippen molar-refractivity contribution in [3.63, 3.8) is 0 Å². The lowest BCUT2D eigenvalue weighted by Crippen LogP contribution is -2.27. The summed E-state index contributed by atoms with van der Waals surface area (Å²) in [5.41, 5.74) is 0.840. The topological polar surface area (TPSA) is 20.3 Å². The lowest BCUT2D eigenvalue weighted by atomic mass is 10.2. The predicted octanol–water partition coefficient (Wildman–Crippen LogP) is 1.86. The van der Waals surface area contributed by atoms with E-state index in [2.05, 4.69) is 0 Å². The Hall–Kier alpha value is -0.960. The summed E-state index contributed by atoms with van der Waals surface area (Å²) in [4.78, 5) is 14.6. The van der Waals surface area contributed by atoms with Crippen LogP contribution in [0.4, 0.5) is 0 Å². The van der Waals surface area contributed by atoms with Crippen molar-refractivity contribution in [3.05, 3.63) is 29.8 Å². The molecular formula is C10H11NOS. The molecule has 13 heavy (non-hydrogen) atoms. The second-order valence-electron chi connectivity index (χ2n) is 3.07. The van der Waals surface area contributed by atoms with Crippen LogP contribution in [0.1, 0.15) is 10.4 Å². The van der Waals surface area contributed by atoms with E-state index in [1.54, 1.807) is 16.7 Å². The molecule has 0 bridgehead atoms. The molecule has 0 aliphatic carbocycles. The van der Waals surface area contributed by atoms with Crippen LogP contribution < -0.4 is 0 Å². The van der Waals surface area contributed by atoms with Crippen LogP contribution in [0.15, 0.2) is 29.2 Å². The molecular weight excluding hydrogens is 182 g/mol. The molecule has 1 aliphatic heterocycles. The molecule has 1 heterocycles. The number of amides is 1. The Morgan fingerprint density at radius 2 is 2.15 bits per heavy atom. The number of rotatable bonds is 0. The molecule has 2 rings (SSSR count). The number of nitrogens with zero attached hydrogens (tertiary/aromatic N) is 1. The molecule has 1 amide bonds. The SMILES string of the molecule is CN1CCSc2ccccc2C1=O. The van der Waals surface area contributed by atoms with Gasteiger partial charge in [0.25, 0.3) is 5.91 Å². The molecule has 0 fully saturated rings. The van der Waals surface area contributed by atoms with E-state index in [9.17, 15) is 4.79 Å². The summed E-state index contributed by atoms with van der Waals surface area (Å²) < 4.78 is 0. The lowest BCUT2D eigenvalue weighted by molar-refractivity contribution is 0.0802. The average Bonchev–Trinajstić information content (AvgIpc) is 2.29. The minimum absolute atomic E-state index is 0.139. The summed E-state index contributed by atoms with van der Waals surface area (Å²) in [6.45, 7) is 0.832. The zero-order chi connectivity index (χ0) is 9.26. The highest BCUT2D eigenvalue weighted by atomic mass is 32.2. The van der Waals surface area contributed by atoms with Crippen molar-refractivity contribution in [2.45, 2.75) is 4.90 Å². The molecule has 0 N–H and O–H groups in total. The van der Waals surface area contributed by atoms with E-state index >= 15 is 0 Å². The fourth-order valence-electron chi connectivity index (χ4n) is 1.37. The second-order valence-corrected chi connectivity index (χ2v) is 4.21. The quantitative estimate of drug-likeness (QED) is 0.627. The Morgan fingerprint density at radius 1 is 1.38 bits per heavy atom. The first-order valence-corrected chi connectivity index (χ1v) is 5.25. The van der Waals surface area contributed by atoms with Crippen molar-refractivity contribution in [3.8, 4) is 0 Å². The summed E-state index contributed by atoms with van der Waals surface area (Å²) in [5, 5.41) is 0. The van der Waals surface area contributed by atoms with Gasteiger partial charge in [0, 0.05) is 24.2 Å². The molecule has 0 spiro atoms. The molecule has 1 aromatic rings. The van der Waals surface area contributed by atoms with Gasteiger partial charge in [0.2, 0.25) is 0 Å². The maximum absolute atomic E-state index is 11.7. The number of carbonyl (C=O) groups excluding carboxylic acids is 1. The standard InChI is InChI=1S/C10H11NOS/c1-11-6-7-13-9-5-3-2-4-8(9)10(11)12/h2-5H,6-7H2,1H3. The Labute approximate surface area is 81.9 Å². The van der Waals surface area contributed by atoms with Crippen molar-refractivity contribution in [2.75, 3.05) is 19.3 Å². The normalized spacial score (nSPS) is 16.7. The third kappa shape index (κ3) is 1.56. The van der Waals surface area contributed by atoms with Gasteiger partial charge < -0.3 is 4.90 Å². The zero-order valence-corrected chi connectivity index (χ0v) is 8.30. The van der Waals surface area contributed by atoms with Gasteiger partial charge in [-0.3, -0.25) is 4.79 Å². The Morgan fingerprint density at radius 3 is 3.00 bits per heavy atom. The van der Waals surface area contributed by atoms with Crippen molar-refractivity contribution in [1.29, 1.82) is 0 Å². The van der Waals surface area contributed by atoms with Gasteiger partial charge in [-0.25, -0.2) is 0 Å². The largest absolute Gasteiger partial charge is 0.341 e. The summed E-state index contributed by atoms with van der Waals surface area (Å²) in [7, 11) is 1.85. The molecule has 68 valence electrons. The first-order valence-electron chi connectivity index (χ1n) is 4.26. The van der Waals surface area contributed by atoms with Gasteiger partial charge in [0.05, 0.1) is 5.56 Å². The van der Waals surface area contributed by atoms with Crippen molar-refractivity contribution in [1.82, 2.24) is 4.90 Å². The molecule has 2 nitrogen and oxygen atoms in total. The highest BCUT2D eigenvalue weighted by molar-refractivity contribution is 7.99. The fourth-order valence-corrected chi connectivity index (χ4v) is 2.44. The molecule has 1 aliphatic rings. The number of benzene rings is 1. The Kier molecular flexibility index (Phi) is 2.27. The molecule has 0 saturated heterocycles. The van der Waals surface area contributed by atoms with Gasteiger partial charge in [-0.05, 0) is 12.1 Å². The lowest BCUT2D eigenvalue weighted by Gasteiger charge is -2.13. The van der Waals surface area contributed by atoms with Gasteiger partial charge in [0.15, 0.2) is 0 Å². The third-order valence-corrected chi connectivity index (χ3v) is 3.20. The van der Waals surface area contributed by atoms with E-state index in [4.69, 9.17) is 0 Å². The summed E-state index contributed by atoms with van der Waals surface area (Å²) in [6.07, 6.45) is 0. The van der Waals surface area contributed by atoms with E-state index < -0.39 is 0 Å². The van der Waals surface area contributed by atoms with Crippen LogP contribution in [0.5, 0.6) is 0 Å². The van der Waals surface area contributed by atoms with Crippen molar-refractivity contribution in [2.24, 2.45) is 0 Å². The highest BCUT2D eigenvalue weighted by Crippen LogP contribution is 2.26. The van der Waals surface area contributed by atoms with Gasteiger partial charge in [-0.2, -0.15) is 0 Å². The molecule has 0 unspecified atom stereocenters. The number of carbonyl (C=O) groups is 1. The van der Waals surface area contributed by atoms with Crippen LogP contribution in [0.2, 0.25) is 0 Å². The van der Waals surface area contributed by atoms with Crippen LogP contribution in [-0.4, -0.2) is 30.2 Å². The third-order valence-electron chi connectivity index (χ3n) is 2.15. The first kappa shape index (κ1) is 8.63. The smallest absolute Gasteiger partial charge is 0.254 e. The summed E-state index contributed by atoms with van der Waals surface area (Å²) >= 11 is 1.75. The summed E-state index contributed by atoms with van der Waals surface area (Å²) in [5.74, 6) is 1.12. The molecule has 0 saturated carbocycles. The van der Waals surface area contributed by atoms with Crippen LogP contribution in [0.25, 0.3) is 0 Å². The second kappa shape index (κ2) is 3.42. The van der Waals surface area contributed by atoms with E-state index in [1.165, 1.54) is 0 Å². The molecule has 0 radical (unpaired) electrons. The number of fused-ring (bicyclic) bond motifs is 1. The first-order chi connectivity index (χ1) is 6.29. The van der Waals surface area contributed by atoms with E-state index in [1.807, 2.05) is 31.3 Å². The monoisotopic (exact) mass is 193 g/mol. The minimum atomic E-state index is 0.139. The molecule has 0 aromatic heterocycles. The Bertz CT molecular complexity index is 337. The number of hydrogen-bond donors (Lipinski definition) is 0. The molecule has 1 aromatic carbocycles. The van der Waals surface area contributed by atoms with E-state index in [0.717, 1.165) is 22.8 Å². The molecule has 0 atom stereocenters. The minimum Gasteiger partial charge on any atom is -0.341 e. The van der Waals surface area contributed by atoms with Gasteiger partial charge in [0.1, 0.15) is 0 Å². The fraction of sp³-hybridized carbons (Fsp3) is 0.300. The van der Waals surface area contributed by atoms with Crippen LogP contribution in [0.3, 0.4) is 0 Å². The molecule has 3 heteroatoms. The average molecular weight is 193 g/mol. The predicted molar refractivity (Wildman–Crippen MR) is 54.1 cm³/mol. The van der Waals surface area contributed by atoms with E-state index in [0.29, 0.717) is 0 Å². The van der Waals surface area contributed by atoms with Crippen LogP contribution in [0, 0.1) is 0 Å². The van der Waals surface area contributed by atoms with Gasteiger partial charge >= 0.3 is 0 Å². The maximum Gasteiger partial charge on any atom is 0.254 e. The summed E-state index contributed by atoms with van der Waals surface area (Å²) in [6, 6.07) is 7.80. The maximum atomic E-state index is 11.7. The Balaban J connectivity index is 2.46. The highest BCUT2D eigenvalue weighted by Gasteiger charge is 2.18. The van der Waals surface area contributed by atoms with Crippen LogP contribution >= 0.6 is 11.8 Å². The van der Waals surface area contributed by atoms with Crippen molar-refractivity contribution < 1.29 is 4.79 Å². The van der Waals surface area contributed by atoms with Gasteiger partial charge in [-0.1, -0.05) is 12.1 Å². The zero-order valence-electron chi connectivity index (χ0n) is 7.49. The number of hydrogen-bond acceptors (Lipinski definition) is 2. The van der Waals surface area contributed by atoms with Crippen LogP contribution in [-0.2, 0) is 0 Å². The van der Waals surface area contributed by atoms with Gasteiger partial charge in [-0.15, -0.1) is 11.8 Å². The van der Waals surface area contributed by atoms with E-state index in [-0.39, 0.29) is 5.91 Å².